The fourth-order valence-corrected chi connectivity index (χ4v) is 5.20. The molecule has 0 radical (unpaired) electrons. The van der Waals surface area contributed by atoms with Gasteiger partial charge in [0.15, 0.2) is 0 Å². The number of rotatable bonds is 8. The van der Waals surface area contributed by atoms with E-state index in [4.69, 9.17) is 4.74 Å². The zero-order valence-electron chi connectivity index (χ0n) is 20.4. The van der Waals surface area contributed by atoms with Gasteiger partial charge in [-0.2, -0.15) is 0 Å². The first-order valence-electron chi connectivity index (χ1n) is 12.4. The number of nitrogens with zero attached hydrogens (tertiary/aromatic N) is 2. The predicted molar refractivity (Wildman–Crippen MR) is 134 cm³/mol. The summed E-state index contributed by atoms with van der Waals surface area (Å²) in [4.78, 5) is 43.6. The van der Waals surface area contributed by atoms with Crippen LogP contribution in [0.4, 0.5) is 9.18 Å². The summed E-state index contributed by atoms with van der Waals surface area (Å²) in [6.45, 7) is 4.99. The lowest BCUT2D eigenvalue weighted by atomic mass is 9.95. The fourth-order valence-electron chi connectivity index (χ4n) is 5.20. The van der Waals surface area contributed by atoms with Gasteiger partial charge in [0.25, 0.3) is 5.91 Å². The van der Waals surface area contributed by atoms with E-state index in [2.05, 4.69) is 17.2 Å². The van der Waals surface area contributed by atoms with Crippen molar-refractivity contribution in [2.24, 2.45) is 0 Å². The monoisotopic (exact) mass is 504 g/mol. The number of amides is 4. The van der Waals surface area contributed by atoms with Gasteiger partial charge in [0.05, 0.1) is 30.0 Å². The Labute approximate surface area is 214 Å². The molecule has 3 aliphatic heterocycles. The van der Waals surface area contributed by atoms with Crippen LogP contribution >= 0.6 is 0 Å². The molecule has 8 nitrogen and oxygen atoms in total. The second kappa shape index (κ2) is 10.6. The molecule has 1 saturated heterocycles. The van der Waals surface area contributed by atoms with Gasteiger partial charge in [-0.15, -0.1) is 6.58 Å². The van der Waals surface area contributed by atoms with Crippen LogP contribution in [0.2, 0.25) is 0 Å². The highest BCUT2D eigenvalue weighted by Crippen LogP contribution is 2.39. The molecule has 0 aliphatic carbocycles. The Bertz CT molecular complexity index is 1240. The van der Waals surface area contributed by atoms with Crippen molar-refractivity contribution >= 4 is 17.8 Å². The maximum Gasteiger partial charge on any atom is 0.322 e. The molecule has 5 rings (SSSR count). The molecular weight excluding hydrogens is 475 g/mol. The number of halogens is 1. The molecule has 3 aliphatic rings. The Morgan fingerprint density at radius 2 is 2.03 bits per heavy atom. The molecule has 37 heavy (non-hydrogen) atoms. The summed E-state index contributed by atoms with van der Waals surface area (Å²) in [5.41, 5.74) is 1.90. The van der Waals surface area contributed by atoms with E-state index in [1.807, 2.05) is 18.2 Å². The first kappa shape index (κ1) is 24.7. The Hall–Kier alpha value is -3.98. The maximum atomic E-state index is 14.1. The van der Waals surface area contributed by atoms with Crippen molar-refractivity contribution < 1.29 is 23.5 Å². The number of ether oxygens (including phenoxy) is 1. The smallest absolute Gasteiger partial charge is 0.322 e. The Morgan fingerprint density at radius 1 is 1.22 bits per heavy atom. The summed E-state index contributed by atoms with van der Waals surface area (Å²) in [7, 11) is 0. The number of carbonyl (C=O) groups excluding carboxylic acids is 3. The topological polar surface area (TPSA) is 91.0 Å². The van der Waals surface area contributed by atoms with Crippen LogP contribution in [-0.2, 0) is 14.3 Å². The predicted octanol–water partition coefficient (Wildman–Crippen LogP) is 3.21. The molecule has 192 valence electrons. The molecule has 1 fully saturated rings. The average molecular weight is 505 g/mol. The minimum absolute atomic E-state index is 0.0498. The lowest BCUT2D eigenvalue weighted by Crippen LogP contribution is -2.47. The number of nitrogens with one attached hydrogen (secondary N) is 2. The average Bonchev–Trinajstić information content (AvgIpc) is 3.54. The first-order chi connectivity index (χ1) is 18.0. The third kappa shape index (κ3) is 4.86. The van der Waals surface area contributed by atoms with Gasteiger partial charge in [0.1, 0.15) is 11.9 Å². The van der Waals surface area contributed by atoms with Gasteiger partial charge in [-0.3, -0.25) is 14.5 Å². The third-order valence-corrected chi connectivity index (χ3v) is 6.95. The molecule has 3 heterocycles. The van der Waals surface area contributed by atoms with Gasteiger partial charge >= 0.3 is 6.03 Å². The number of hydrogen-bond acceptors (Lipinski definition) is 4. The second-order valence-electron chi connectivity index (χ2n) is 9.32. The molecule has 2 aromatic rings. The summed E-state index contributed by atoms with van der Waals surface area (Å²) >= 11 is 0. The van der Waals surface area contributed by atoms with E-state index in [1.54, 1.807) is 24.3 Å². The van der Waals surface area contributed by atoms with Crippen LogP contribution in [-0.4, -0.2) is 60.0 Å². The van der Waals surface area contributed by atoms with Crippen LogP contribution in [0.3, 0.4) is 0 Å². The zero-order chi connectivity index (χ0) is 25.9. The molecule has 9 heteroatoms. The highest BCUT2D eigenvalue weighted by atomic mass is 19.1. The lowest BCUT2D eigenvalue weighted by Gasteiger charge is -2.33. The highest BCUT2D eigenvalue weighted by Gasteiger charge is 2.47. The van der Waals surface area contributed by atoms with Crippen LogP contribution in [0, 0.1) is 5.82 Å². The summed E-state index contributed by atoms with van der Waals surface area (Å²) in [5, 5.41) is 5.80. The standard InChI is InChI=1S/C28H29FN4O4/c1-2-13-32-22-17-33(27(35)23(22)24(31-28(32)36)19-10-6-11-20(29)15-19)25(18-8-4-3-5-9-18)26(34)30-16-21-12-7-14-37-21/h2-6,8-11,15,21,24-25H,1,7,12-14,16-17H2,(H,30,34)(H,31,36)/t21-,24-,25-/m1/s1. The summed E-state index contributed by atoms with van der Waals surface area (Å²) < 4.78 is 19.7. The van der Waals surface area contributed by atoms with Crippen molar-refractivity contribution in [1.82, 2.24) is 20.4 Å². The molecule has 3 atom stereocenters. The molecule has 2 N–H and O–H groups in total. The van der Waals surface area contributed by atoms with Crippen LogP contribution in [0.1, 0.15) is 36.1 Å². The van der Waals surface area contributed by atoms with Gasteiger partial charge < -0.3 is 20.3 Å². The van der Waals surface area contributed by atoms with Crippen molar-refractivity contribution in [1.29, 1.82) is 0 Å². The SMILES string of the molecule is C=CCN1C(=O)N[C@H](c2cccc(F)c2)C2=C1CN([C@@H](C(=O)NC[C@H]1CCCO1)c1ccccc1)C2=O. The van der Waals surface area contributed by atoms with Crippen molar-refractivity contribution in [2.45, 2.75) is 31.0 Å². The molecule has 0 bridgehead atoms. The first-order valence-corrected chi connectivity index (χ1v) is 12.4. The van der Waals surface area contributed by atoms with E-state index in [1.165, 1.54) is 28.0 Å². The maximum absolute atomic E-state index is 14.1. The number of hydrogen-bond donors (Lipinski definition) is 2. The Balaban J connectivity index is 1.50. The number of urea groups is 1. The van der Waals surface area contributed by atoms with Crippen LogP contribution in [0.25, 0.3) is 0 Å². The minimum Gasteiger partial charge on any atom is -0.376 e. The highest BCUT2D eigenvalue weighted by molar-refractivity contribution is 6.03. The summed E-state index contributed by atoms with van der Waals surface area (Å²) in [6.07, 6.45) is 3.34. The molecule has 0 saturated carbocycles. The Morgan fingerprint density at radius 3 is 2.73 bits per heavy atom. The van der Waals surface area contributed by atoms with Crippen molar-refractivity contribution in [3.8, 4) is 0 Å². The molecule has 0 unspecified atom stereocenters. The number of benzene rings is 2. The normalized spacial score (nSPS) is 22.1. The van der Waals surface area contributed by atoms with Crippen LogP contribution in [0.5, 0.6) is 0 Å². The van der Waals surface area contributed by atoms with E-state index in [0.29, 0.717) is 35.5 Å². The number of carbonyl (C=O) groups is 3. The van der Waals surface area contributed by atoms with Gasteiger partial charge in [-0.05, 0) is 36.1 Å². The van der Waals surface area contributed by atoms with E-state index < -0.39 is 23.9 Å². The van der Waals surface area contributed by atoms with Crippen LogP contribution < -0.4 is 10.6 Å². The molecular formula is C28H29FN4O4. The summed E-state index contributed by atoms with van der Waals surface area (Å²) in [6, 6.07) is 12.7. The van der Waals surface area contributed by atoms with E-state index in [-0.39, 0.29) is 31.0 Å². The third-order valence-electron chi connectivity index (χ3n) is 6.95. The van der Waals surface area contributed by atoms with Gasteiger partial charge in [-0.1, -0.05) is 48.5 Å². The molecule has 4 amide bonds. The quantitative estimate of drug-likeness (QED) is 0.541. The molecule has 2 aromatic carbocycles. The van der Waals surface area contributed by atoms with E-state index in [9.17, 15) is 18.8 Å². The van der Waals surface area contributed by atoms with Crippen molar-refractivity contribution in [2.75, 3.05) is 26.2 Å². The zero-order valence-corrected chi connectivity index (χ0v) is 20.4. The van der Waals surface area contributed by atoms with Gasteiger partial charge in [0, 0.05) is 19.7 Å². The van der Waals surface area contributed by atoms with Gasteiger partial charge in [-0.25, -0.2) is 9.18 Å². The van der Waals surface area contributed by atoms with Gasteiger partial charge in [0.2, 0.25) is 5.91 Å². The van der Waals surface area contributed by atoms with E-state index >= 15 is 0 Å². The van der Waals surface area contributed by atoms with E-state index in [0.717, 1.165) is 12.8 Å². The van der Waals surface area contributed by atoms with Crippen LogP contribution in [0.15, 0.2) is 78.5 Å². The Kier molecular flexibility index (Phi) is 7.05. The molecule has 0 spiro atoms. The van der Waals surface area contributed by atoms with Crippen molar-refractivity contribution in [3.63, 3.8) is 0 Å². The largest absolute Gasteiger partial charge is 0.376 e. The minimum atomic E-state index is -0.922. The lowest BCUT2D eigenvalue weighted by molar-refractivity contribution is -0.137. The summed E-state index contributed by atoms with van der Waals surface area (Å²) in [5.74, 6) is -1.19. The second-order valence-corrected chi connectivity index (χ2v) is 9.32. The fraction of sp³-hybridized carbons (Fsp3) is 0.321. The van der Waals surface area contributed by atoms with Crippen molar-refractivity contribution in [3.05, 3.63) is 95.5 Å². The molecule has 0 aromatic heterocycles.